The zero-order valence-corrected chi connectivity index (χ0v) is 15.0. The molecule has 3 nitrogen and oxygen atoms in total. The van der Waals surface area contributed by atoms with E-state index in [1.807, 2.05) is 44.2 Å². The summed E-state index contributed by atoms with van der Waals surface area (Å²) in [4.78, 5) is 12.1. The minimum atomic E-state index is -0.595. The molecule has 26 heavy (non-hydrogen) atoms. The average molecular weight is 359 g/mol. The van der Waals surface area contributed by atoms with Crippen LogP contribution in [0.15, 0.2) is 48.5 Å². The molecule has 0 radical (unpaired) electrons. The molecule has 1 N–H and O–H groups in total. The van der Waals surface area contributed by atoms with Crippen LogP contribution >= 0.6 is 0 Å². The molecule has 5 heteroatoms. The van der Waals surface area contributed by atoms with Crippen molar-refractivity contribution in [3.63, 3.8) is 0 Å². The highest BCUT2D eigenvalue weighted by atomic mass is 19.1. The first-order chi connectivity index (χ1) is 12.3. The molecule has 0 aromatic heterocycles. The van der Waals surface area contributed by atoms with Gasteiger partial charge in [-0.1, -0.05) is 38.1 Å². The molecular weight excluding hydrogens is 336 g/mol. The maximum Gasteiger partial charge on any atom is 0.223 e. The Morgan fingerprint density at radius 3 is 2.46 bits per heavy atom. The number of benzene rings is 2. The maximum atomic E-state index is 14.3. The van der Waals surface area contributed by atoms with E-state index in [4.69, 9.17) is 4.74 Å². The van der Waals surface area contributed by atoms with E-state index in [9.17, 15) is 13.6 Å². The number of halogens is 2. The molecule has 1 atom stereocenters. The van der Waals surface area contributed by atoms with Gasteiger partial charge in [0.1, 0.15) is 17.4 Å². The number of nitrogens with one attached hydrogen (secondary N) is 1. The average Bonchev–Trinajstić information content (AvgIpc) is 3.16. The third-order valence-electron chi connectivity index (χ3n) is 5.29. The summed E-state index contributed by atoms with van der Waals surface area (Å²) in [6.45, 7) is 4.66. The fourth-order valence-corrected chi connectivity index (χ4v) is 3.56. The Bertz CT molecular complexity index is 792. The van der Waals surface area contributed by atoms with Crippen molar-refractivity contribution in [1.29, 1.82) is 0 Å². The Hall–Kier alpha value is -2.43. The van der Waals surface area contributed by atoms with Gasteiger partial charge in [-0.05, 0) is 35.6 Å². The third kappa shape index (κ3) is 3.71. The number of amides is 1. The highest BCUT2D eigenvalue weighted by Gasteiger charge is 2.62. The Morgan fingerprint density at radius 2 is 1.85 bits per heavy atom. The van der Waals surface area contributed by atoms with Crippen LogP contribution in [0.4, 0.5) is 8.78 Å². The molecular formula is C21H23F2NO2. The Kier molecular flexibility index (Phi) is 4.99. The van der Waals surface area contributed by atoms with Crippen molar-refractivity contribution in [3.8, 4) is 5.75 Å². The normalized spacial score (nSPS) is 20.5. The second-order valence-electron chi connectivity index (χ2n) is 7.46. The maximum absolute atomic E-state index is 14.3. The summed E-state index contributed by atoms with van der Waals surface area (Å²) in [5, 5.41) is 2.89. The van der Waals surface area contributed by atoms with Crippen molar-refractivity contribution >= 4 is 5.91 Å². The molecule has 1 amide bonds. The van der Waals surface area contributed by atoms with Crippen LogP contribution in [0.1, 0.15) is 32.3 Å². The first-order valence-electron chi connectivity index (χ1n) is 8.74. The summed E-state index contributed by atoms with van der Waals surface area (Å²) in [6, 6.07) is 12.9. The lowest BCUT2D eigenvalue weighted by Crippen LogP contribution is -2.35. The Morgan fingerprint density at radius 1 is 1.15 bits per heavy atom. The molecule has 1 unspecified atom stereocenters. The van der Waals surface area contributed by atoms with Gasteiger partial charge in [0.05, 0.1) is 13.0 Å². The summed E-state index contributed by atoms with van der Waals surface area (Å²) >= 11 is 0. The molecule has 1 aliphatic rings. The van der Waals surface area contributed by atoms with Crippen LogP contribution in [-0.4, -0.2) is 19.1 Å². The third-order valence-corrected chi connectivity index (χ3v) is 5.29. The van der Waals surface area contributed by atoms with Crippen molar-refractivity contribution < 1.29 is 18.3 Å². The van der Waals surface area contributed by atoms with E-state index in [0.717, 1.165) is 12.5 Å². The lowest BCUT2D eigenvalue weighted by molar-refractivity contribution is -0.121. The summed E-state index contributed by atoms with van der Waals surface area (Å²) < 4.78 is 33.0. The van der Waals surface area contributed by atoms with Gasteiger partial charge in [-0.15, -0.1) is 0 Å². The van der Waals surface area contributed by atoms with E-state index >= 15 is 0 Å². The predicted octanol–water partition coefficient (Wildman–Crippen LogP) is 4.22. The van der Waals surface area contributed by atoms with Crippen molar-refractivity contribution in [2.24, 2.45) is 5.41 Å². The number of para-hydroxylation sites is 1. The minimum absolute atomic E-state index is 0.148. The fourth-order valence-electron chi connectivity index (χ4n) is 3.56. The minimum Gasteiger partial charge on any atom is -0.493 e. The van der Waals surface area contributed by atoms with E-state index in [1.54, 1.807) is 0 Å². The van der Waals surface area contributed by atoms with E-state index in [1.165, 1.54) is 12.1 Å². The molecule has 2 aromatic carbocycles. The lowest BCUT2D eigenvalue weighted by atomic mass is 9.87. The number of hydrogen-bond acceptors (Lipinski definition) is 2. The monoisotopic (exact) mass is 359 g/mol. The van der Waals surface area contributed by atoms with Gasteiger partial charge in [-0.3, -0.25) is 4.79 Å². The van der Waals surface area contributed by atoms with E-state index in [-0.39, 0.29) is 24.3 Å². The molecule has 0 bridgehead atoms. The van der Waals surface area contributed by atoms with Gasteiger partial charge in [0.15, 0.2) is 0 Å². The van der Waals surface area contributed by atoms with Crippen LogP contribution in [0.25, 0.3) is 0 Å². The smallest absolute Gasteiger partial charge is 0.223 e. The van der Waals surface area contributed by atoms with Gasteiger partial charge in [-0.25, -0.2) is 8.78 Å². The molecule has 1 aliphatic carbocycles. The van der Waals surface area contributed by atoms with E-state index < -0.39 is 17.0 Å². The van der Waals surface area contributed by atoms with Crippen LogP contribution in [0, 0.1) is 17.0 Å². The van der Waals surface area contributed by atoms with Crippen molar-refractivity contribution in [2.75, 3.05) is 13.2 Å². The largest absolute Gasteiger partial charge is 0.493 e. The van der Waals surface area contributed by atoms with Gasteiger partial charge in [-0.2, -0.15) is 0 Å². The molecule has 2 aromatic rings. The number of hydrogen-bond donors (Lipinski definition) is 1. The number of carbonyl (C=O) groups is 1. The topological polar surface area (TPSA) is 38.3 Å². The van der Waals surface area contributed by atoms with E-state index in [0.29, 0.717) is 17.9 Å². The second-order valence-corrected chi connectivity index (χ2v) is 7.46. The molecule has 0 saturated heterocycles. The Labute approximate surface area is 152 Å². The van der Waals surface area contributed by atoms with Crippen LogP contribution in [0.3, 0.4) is 0 Å². The highest BCUT2D eigenvalue weighted by Crippen LogP contribution is 2.64. The fraction of sp³-hybridized carbons (Fsp3) is 0.381. The number of rotatable bonds is 7. The van der Waals surface area contributed by atoms with E-state index in [2.05, 4.69) is 5.32 Å². The zero-order valence-electron chi connectivity index (χ0n) is 15.0. The number of carbonyl (C=O) groups excluding carboxylic acids is 1. The molecule has 1 saturated carbocycles. The number of ether oxygens (including phenoxy) is 1. The SMILES string of the molecule is CC1(C)CC1(CNC(=O)CCOc1ccccc1)c1ccc(F)cc1F. The molecule has 1 fully saturated rings. The standard InChI is InChI=1S/C21H23F2NO2/c1-20(2)13-21(20,17-9-8-15(22)12-18(17)23)14-24-19(25)10-11-26-16-6-4-3-5-7-16/h3-9,12H,10-11,13-14H2,1-2H3,(H,24,25). The quantitative estimate of drug-likeness (QED) is 0.804. The summed E-state index contributed by atoms with van der Waals surface area (Å²) in [7, 11) is 0. The van der Waals surface area contributed by atoms with Gasteiger partial charge < -0.3 is 10.1 Å². The van der Waals surface area contributed by atoms with Crippen LogP contribution in [-0.2, 0) is 10.2 Å². The predicted molar refractivity (Wildman–Crippen MR) is 96.0 cm³/mol. The molecule has 138 valence electrons. The zero-order chi connectivity index (χ0) is 18.8. The van der Waals surface area contributed by atoms with Gasteiger partial charge in [0.2, 0.25) is 5.91 Å². The van der Waals surface area contributed by atoms with Crippen molar-refractivity contribution in [1.82, 2.24) is 5.32 Å². The van der Waals surface area contributed by atoms with Gasteiger partial charge >= 0.3 is 0 Å². The highest BCUT2D eigenvalue weighted by molar-refractivity contribution is 5.76. The van der Waals surface area contributed by atoms with Crippen LogP contribution < -0.4 is 10.1 Å². The molecule has 0 heterocycles. The molecule has 3 rings (SSSR count). The summed E-state index contributed by atoms with van der Waals surface area (Å²) in [5.74, 6) is -0.585. The molecule has 0 spiro atoms. The van der Waals surface area contributed by atoms with Crippen LogP contribution in [0.5, 0.6) is 5.75 Å². The molecule has 0 aliphatic heterocycles. The first-order valence-corrected chi connectivity index (χ1v) is 8.74. The van der Waals surface area contributed by atoms with Crippen LogP contribution in [0.2, 0.25) is 0 Å². The first kappa shape index (κ1) is 18.4. The van der Waals surface area contributed by atoms with Crippen molar-refractivity contribution in [2.45, 2.75) is 32.1 Å². The van der Waals surface area contributed by atoms with Gasteiger partial charge in [0.25, 0.3) is 0 Å². The lowest BCUT2D eigenvalue weighted by Gasteiger charge is -2.22. The van der Waals surface area contributed by atoms with Gasteiger partial charge in [0, 0.05) is 18.0 Å². The Balaban J connectivity index is 1.57. The summed E-state index contributed by atoms with van der Waals surface area (Å²) in [5.41, 5.74) is -0.190. The summed E-state index contributed by atoms with van der Waals surface area (Å²) in [6.07, 6.45) is 0.959. The van der Waals surface area contributed by atoms with Crippen molar-refractivity contribution in [3.05, 3.63) is 65.7 Å². The second kappa shape index (κ2) is 7.06.